The smallest absolute Gasteiger partial charge is 0.0753 e. The number of hydrogen-bond donors (Lipinski definition) is 1. The molecule has 0 aromatic heterocycles. The van der Waals surface area contributed by atoms with Crippen LogP contribution in [0.5, 0.6) is 0 Å². The maximum Gasteiger partial charge on any atom is 0.0753 e. The summed E-state index contributed by atoms with van der Waals surface area (Å²) in [5.74, 6) is 0. The van der Waals surface area contributed by atoms with Gasteiger partial charge in [0.05, 0.1) is 17.2 Å². The van der Waals surface area contributed by atoms with Crippen LogP contribution in [-0.4, -0.2) is 35.2 Å². The molecule has 2 N–H and O–H groups in total. The maximum absolute atomic E-state index is 5.78. The first kappa shape index (κ1) is 14.4. The Hall–Kier alpha value is -0.970. The molecule has 1 atom stereocenters. The van der Waals surface area contributed by atoms with Gasteiger partial charge in [-0.1, -0.05) is 42.5 Å². The molecule has 0 amide bonds. The fourth-order valence-corrected chi connectivity index (χ4v) is 2.80. The van der Waals surface area contributed by atoms with E-state index in [1.54, 1.807) is 0 Å². The van der Waals surface area contributed by atoms with Gasteiger partial charge >= 0.3 is 0 Å². The molecule has 1 unspecified atom stereocenters. The maximum atomic E-state index is 5.78. The molecule has 1 saturated heterocycles. The van der Waals surface area contributed by atoms with Crippen LogP contribution in [0.2, 0.25) is 0 Å². The zero-order valence-corrected chi connectivity index (χ0v) is 12.5. The summed E-state index contributed by atoms with van der Waals surface area (Å²) in [5, 5.41) is 0. The lowest BCUT2D eigenvalue weighted by Gasteiger charge is -2.42. The lowest BCUT2D eigenvalue weighted by atomic mass is 9.98. The van der Waals surface area contributed by atoms with Gasteiger partial charge in [0.25, 0.3) is 0 Å². The number of rotatable bonds is 4. The highest BCUT2D eigenvalue weighted by molar-refractivity contribution is 7.80. The van der Waals surface area contributed by atoms with Crippen molar-refractivity contribution < 1.29 is 4.74 Å². The van der Waals surface area contributed by atoms with Gasteiger partial charge in [-0.3, -0.25) is 4.90 Å². The zero-order valence-electron chi connectivity index (χ0n) is 11.6. The fraction of sp³-hybridized carbons (Fsp3) is 0.533. The van der Waals surface area contributed by atoms with Crippen LogP contribution in [-0.2, 0) is 4.74 Å². The fourth-order valence-electron chi connectivity index (χ4n) is 2.64. The SMILES string of the molecule is CC1(C)CN(C(CC(N)=S)c2ccccc2)CCO1. The molecule has 1 aliphatic rings. The Morgan fingerprint density at radius 2 is 2.11 bits per heavy atom. The Kier molecular flexibility index (Phi) is 4.55. The normalized spacial score (nSPS) is 20.9. The van der Waals surface area contributed by atoms with Crippen LogP contribution in [0.15, 0.2) is 30.3 Å². The molecule has 1 aromatic rings. The zero-order chi connectivity index (χ0) is 13.9. The van der Waals surface area contributed by atoms with E-state index in [1.807, 2.05) is 6.07 Å². The summed E-state index contributed by atoms with van der Waals surface area (Å²) in [5.41, 5.74) is 6.94. The molecule has 0 aliphatic carbocycles. The van der Waals surface area contributed by atoms with Crippen molar-refractivity contribution in [1.82, 2.24) is 4.90 Å². The first-order chi connectivity index (χ1) is 8.98. The van der Waals surface area contributed by atoms with Crippen LogP contribution in [0.4, 0.5) is 0 Å². The molecule has 0 bridgehead atoms. The van der Waals surface area contributed by atoms with E-state index in [1.165, 1.54) is 5.56 Å². The molecule has 0 saturated carbocycles. The second-order valence-electron chi connectivity index (χ2n) is 5.68. The number of nitrogens with two attached hydrogens (primary N) is 1. The molecule has 1 heterocycles. The van der Waals surface area contributed by atoms with Crippen molar-refractivity contribution in [1.29, 1.82) is 0 Å². The molecule has 0 radical (unpaired) electrons. The lowest BCUT2D eigenvalue weighted by Crippen LogP contribution is -2.50. The van der Waals surface area contributed by atoms with E-state index in [9.17, 15) is 0 Å². The summed E-state index contributed by atoms with van der Waals surface area (Å²) in [6.07, 6.45) is 0.718. The predicted octanol–water partition coefficient (Wildman–Crippen LogP) is 2.51. The monoisotopic (exact) mass is 278 g/mol. The van der Waals surface area contributed by atoms with Crippen molar-refractivity contribution in [3.05, 3.63) is 35.9 Å². The second-order valence-corrected chi connectivity index (χ2v) is 6.20. The summed E-state index contributed by atoms with van der Waals surface area (Å²) in [4.78, 5) is 3.00. The average Bonchev–Trinajstić information content (AvgIpc) is 2.35. The second kappa shape index (κ2) is 5.99. The van der Waals surface area contributed by atoms with Crippen molar-refractivity contribution in [2.45, 2.75) is 31.9 Å². The van der Waals surface area contributed by atoms with Gasteiger partial charge in [-0.2, -0.15) is 0 Å². The molecular weight excluding hydrogens is 256 g/mol. The van der Waals surface area contributed by atoms with E-state index in [0.717, 1.165) is 26.1 Å². The summed E-state index contributed by atoms with van der Waals surface area (Å²) in [6.45, 7) is 6.83. The number of hydrogen-bond acceptors (Lipinski definition) is 3. The third-order valence-corrected chi connectivity index (χ3v) is 3.64. The summed E-state index contributed by atoms with van der Waals surface area (Å²) < 4.78 is 5.78. The number of ether oxygens (including phenoxy) is 1. The van der Waals surface area contributed by atoms with E-state index in [4.69, 9.17) is 22.7 Å². The quantitative estimate of drug-likeness (QED) is 0.859. The molecule has 1 aromatic carbocycles. The van der Waals surface area contributed by atoms with Gasteiger partial charge < -0.3 is 10.5 Å². The Morgan fingerprint density at radius 1 is 1.42 bits per heavy atom. The number of thiocarbonyl (C=S) groups is 1. The summed E-state index contributed by atoms with van der Waals surface area (Å²) >= 11 is 5.12. The molecule has 2 rings (SSSR count). The Morgan fingerprint density at radius 3 is 2.68 bits per heavy atom. The van der Waals surface area contributed by atoms with Gasteiger partial charge in [-0.25, -0.2) is 0 Å². The van der Waals surface area contributed by atoms with Crippen molar-refractivity contribution in [3.8, 4) is 0 Å². The van der Waals surface area contributed by atoms with Gasteiger partial charge in [0.15, 0.2) is 0 Å². The molecule has 3 nitrogen and oxygen atoms in total. The Labute approximate surface area is 120 Å². The minimum atomic E-state index is -0.110. The van der Waals surface area contributed by atoms with Crippen LogP contribution < -0.4 is 5.73 Å². The van der Waals surface area contributed by atoms with Gasteiger partial charge in [0.1, 0.15) is 0 Å². The lowest BCUT2D eigenvalue weighted by molar-refractivity contribution is -0.0970. The van der Waals surface area contributed by atoms with Crippen LogP contribution in [0.1, 0.15) is 31.9 Å². The topological polar surface area (TPSA) is 38.5 Å². The van der Waals surface area contributed by atoms with Crippen molar-refractivity contribution in [3.63, 3.8) is 0 Å². The van der Waals surface area contributed by atoms with Crippen LogP contribution in [0, 0.1) is 0 Å². The Balaban J connectivity index is 2.20. The number of nitrogens with zero attached hydrogens (tertiary/aromatic N) is 1. The van der Waals surface area contributed by atoms with E-state index in [-0.39, 0.29) is 11.6 Å². The highest BCUT2D eigenvalue weighted by Gasteiger charge is 2.32. The average molecular weight is 278 g/mol. The largest absolute Gasteiger partial charge is 0.393 e. The van der Waals surface area contributed by atoms with Gasteiger partial charge in [-0.05, 0) is 19.4 Å². The molecule has 1 aliphatic heterocycles. The van der Waals surface area contributed by atoms with Gasteiger partial charge in [0, 0.05) is 25.6 Å². The minimum absolute atomic E-state index is 0.110. The van der Waals surface area contributed by atoms with Crippen molar-refractivity contribution >= 4 is 17.2 Å². The molecule has 0 spiro atoms. The van der Waals surface area contributed by atoms with E-state index >= 15 is 0 Å². The van der Waals surface area contributed by atoms with E-state index < -0.39 is 0 Å². The first-order valence-corrected chi connectivity index (χ1v) is 7.10. The van der Waals surface area contributed by atoms with E-state index in [0.29, 0.717) is 4.99 Å². The van der Waals surface area contributed by atoms with Crippen molar-refractivity contribution in [2.75, 3.05) is 19.7 Å². The third kappa shape index (κ3) is 4.00. The highest BCUT2D eigenvalue weighted by Crippen LogP contribution is 2.29. The molecule has 4 heteroatoms. The summed E-state index contributed by atoms with van der Waals surface area (Å²) in [6, 6.07) is 10.7. The third-order valence-electron chi connectivity index (χ3n) is 3.47. The van der Waals surface area contributed by atoms with Crippen LogP contribution >= 0.6 is 12.2 Å². The first-order valence-electron chi connectivity index (χ1n) is 6.69. The van der Waals surface area contributed by atoms with Gasteiger partial charge in [0.2, 0.25) is 0 Å². The highest BCUT2D eigenvalue weighted by atomic mass is 32.1. The minimum Gasteiger partial charge on any atom is -0.393 e. The van der Waals surface area contributed by atoms with Crippen LogP contribution in [0.3, 0.4) is 0 Å². The number of morpholine rings is 1. The molecule has 104 valence electrons. The number of benzene rings is 1. The molecular formula is C15H22N2OS. The van der Waals surface area contributed by atoms with Crippen molar-refractivity contribution in [2.24, 2.45) is 5.73 Å². The standard InChI is InChI=1S/C15H22N2OS/c1-15(2)11-17(8-9-18-15)13(10-14(16)19)12-6-4-3-5-7-12/h3-7,13H,8-11H2,1-2H3,(H2,16,19). The predicted molar refractivity (Wildman–Crippen MR) is 82.2 cm³/mol. The summed E-state index contributed by atoms with van der Waals surface area (Å²) in [7, 11) is 0. The molecule has 19 heavy (non-hydrogen) atoms. The van der Waals surface area contributed by atoms with E-state index in [2.05, 4.69) is 43.0 Å². The Bertz CT molecular complexity index is 433. The molecule has 1 fully saturated rings. The van der Waals surface area contributed by atoms with Crippen LogP contribution in [0.25, 0.3) is 0 Å². The van der Waals surface area contributed by atoms with Gasteiger partial charge in [-0.15, -0.1) is 0 Å².